The second-order valence-electron chi connectivity index (χ2n) is 11.3. The SMILES string of the molecule is CC(C)(C)C1CN(C(=O)O)CCN1c1cccc2c1CCC2n1cccc(C(=O)Nc2ccc(Cl)cc2)c1=O. The number of carbonyl (C=O) groups is 2. The van der Waals surface area contributed by atoms with Gasteiger partial charge in [-0.25, -0.2) is 4.79 Å². The lowest BCUT2D eigenvalue weighted by molar-refractivity contribution is 0.102. The fraction of sp³-hybridized carbons (Fsp3) is 0.367. The van der Waals surface area contributed by atoms with Crippen LogP contribution in [0.3, 0.4) is 0 Å². The maximum Gasteiger partial charge on any atom is 0.407 e. The number of rotatable bonds is 4. The minimum absolute atomic E-state index is 0.00974. The molecule has 1 aliphatic carbocycles. The van der Waals surface area contributed by atoms with Gasteiger partial charge in [0, 0.05) is 42.2 Å². The number of carboxylic acid groups (broad SMARTS) is 1. The quantitative estimate of drug-likeness (QED) is 0.448. The van der Waals surface area contributed by atoms with E-state index in [9.17, 15) is 19.5 Å². The van der Waals surface area contributed by atoms with Crippen molar-refractivity contribution >= 4 is 35.0 Å². The third-order valence-electron chi connectivity index (χ3n) is 7.83. The van der Waals surface area contributed by atoms with Crippen LogP contribution in [0, 0.1) is 5.41 Å². The van der Waals surface area contributed by atoms with Crippen molar-refractivity contribution in [3.8, 4) is 0 Å². The van der Waals surface area contributed by atoms with Gasteiger partial charge < -0.3 is 24.8 Å². The number of anilines is 2. The van der Waals surface area contributed by atoms with Gasteiger partial charge in [0.15, 0.2) is 0 Å². The van der Waals surface area contributed by atoms with E-state index in [-0.39, 0.29) is 28.6 Å². The molecule has 9 heteroatoms. The van der Waals surface area contributed by atoms with Crippen LogP contribution in [0.15, 0.2) is 65.6 Å². The number of carbonyl (C=O) groups excluding carboxylic acids is 1. The van der Waals surface area contributed by atoms with E-state index < -0.39 is 12.0 Å². The molecule has 0 saturated carbocycles. The highest BCUT2D eigenvalue weighted by Gasteiger charge is 2.39. The Morgan fingerprint density at radius 3 is 2.46 bits per heavy atom. The van der Waals surface area contributed by atoms with Gasteiger partial charge in [-0.3, -0.25) is 9.59 Å². The zero-order valence-corrected chi connectivity index (χ0v) is 23.1. The van der Waals surface area contributed by atoms with E-state index >= 15 is 0 Å². The monoisotopic (exact) mass is 548 g/mol. The van der Waals surface area contributed by atoms with E-state index in [2.05, 4.69) is 43.1 Å². The highest BCUT2D eigenvalue weighted by atomic mass is 35.5. The van der Waals surface area contributed by atoms with Crippen molar-refractivity contribution in [1.82, 2.24) is 9.47 Å². The molecule has 2 aliphatic rings. The van der Waals surface area contributed by atoms with E-state index in [1.165, 1.54) is 10.5 Å². The lowest BCUT2D eigenvalue weighted by Gasteiger charge is -2.48. The number of hydrogen-bond donors (Lipinski definition) is 2. The molecule has 1 aliphatic heterocycles. The second kappa shape index (κ2) is 10.4. The molecule has 2 amide bonds. The zero-order chi connectivity index (χ0) is 27.9. The van der Waals surface area contributed by atoms with Crippen LogP contribution in [0.2, 0.25) is 5.02 Å². The van der Waals surface area contributed by atoms with Crippen LogP contribution >= 0.6 is 11.6 Å². The van der Waals surface area contributed by atoms with Crippen molar-refractivity contribution < 1.29 is 14.7 Å². The Balaban J connectivity index is 1.45. The van der Waals surface area contributed by atoms with Crippen molar-refractivity contribution in [3.63, 3.8) is 0 Å². The highest BCUT2D eigenvalue weighted by Crippen LogP contribution is 2.42. The molecule has 1 saturated heterocycles. The minimum Gasteiger partial charge on any atom is -0.465 e. The first kappa shape index (κ1) is 26.8. The summed E-state index contributed by atoms with van der Waals surface area (Å²) in [6.07, 6.45) is 2.39. The second-order valence-corrected chi connectivity index (χ2v) is 11.7. The van der Waals surface area contributed by atoms with Gasteiger partial charge >= 0.3 is 6.09 Å². The summed E-state index contributed by atoms with van der Waals surface area (Å²) in [5, 5.41) is 13.0. The van der Waals surface area contributed by atoms with Gasteiger partial charge in [0.1, 0.15) is 5.56 Å². The van der Waals surface area contributed by atoms with Gasteiger partial charge in [-0.2, -0.15) is 0 Å². The number of pyridine rings is 1. The first-order chi connectivity index (χ1) is 18.5. The molecule has 5 rings (SSSR count). The number of nitrogens with one attached hydrogen (secondary N) is 1. The Kier molecular flexibility index (Phi) is 7.16. The fourth-order valence-electron chi connectivity index (χ4n) is 5.82. The molecule has 8 nitrogen and oxygen atoms in total. The maximum atomic E-state index is 13.5. The lowest BCUT2D eigenvalue weighted by Crippen LogP contribution is -2.59. The van der Waals surface area contributed by atoms with E-state index in [1.807, 2.05) is 6.07 Å². The van der Waals surface area contributed by atoms with Crippen molar-refractivity contribution in [2.75, 3.05) is 29.9 Å². The molecule has 0 spiro atoms. The number of amides is 2. The molecule has 2 unspecified atom stereocenters. The summed E-state index contributed by atoms with van der Waals surface area (Å²) < 4.78 is 1.66. The summed E-state index contributed by atoms with van der Waals surface area (Å²) in [5.41, 5.74) is 3.51. The Hall–Kier alpha value is -3.78. The molecule has 39 heavy (non-hydrogen) atoms. The van der Waals surface area contributed by atoms with Crippen LogP contribution in [-0.4, -0.2) is 52.3 Å². The average Bonchev–Trinajstić information content (AvgIpc) is 3.33. The maximum absolute atomic E-state index is 13.5. The summed E-state index contributed by atoms with van der Waals surface area (Å²) in [6.45, 7) is 7.91. The molecule has 1 aromatic heterocycles. The van der Waals surface area contributed by atoms with Gasteiger partial charge in [-0.15, -0.1) is 0 Å². The normalized spacial score (nSPS) is 19.1. The first-order valence-corrected chi connectivity index (χ1v) is 13.6. The van der Waals surface area contributed by atoms with Crippen LogP contribution in [0.1, 0.15) is 54.7 Å². The van der Waals surface area contributed by atoms with E-state index in [0.29, 0.717) is 30.3 Å². The number of aromatic nitrogens is 1. The molecule has 0 bridgehead atoms. The molecule has 204 valence electrons. The molecule has 2 N–H and O–H groups in total. The first-order valence-electron chi connectivity index (χ1n) is 13.2. The highest BCUT2D eigenvalue weighted by molar-refractivity contribution is 6.30. The summed E-state index contributed by atoms with van der Waals surface area (Å²) in [7, 11) is 0. The van der Waals surface area contributed by atoms with Crippen molar-refractivity contribution in [3.05, 3.63) is 92.9 Å². The fourth-order valence-corrected chi connectivity index (χ4v) is 5.94. The number of halogens is 1. The molecule has 0 radical (unpaired) electrons. The van der Waals surface area contributed by atoms with Crippen molar-refractivity contribution in [1.29, 1.82) is 0 Å². The predicted octanol–water partition coefficient (Wildman–Crippen LogP) is 5.50. The van der Waals surface area contributed by atoms with Crippen LogP contribution in [0.25, 0.3) is 0 Å². The van der Waals surface area contributed by atoms with E-state index in [0.717, 1.165) is 24.1 Å². The molecule has 2 aromatic carbocycles. The summed E-state index contributed by atoms with van der Waals surface area (Å²) >= 11 is 5.94. The van der Waals surface area contributed by atoms with Crippen LogP contribution in [0.5, 0.6) is 0 Å². The van der Waals surface area contributed by atoms with Gasteiger partial charge in [0.05, 0.1) is 12.1 Å². The minimum atomic E-state index is -0.887. The smallest absolute Gasteiger partial charge is 0.407 e. The zero-order valence-electron chi connectivity index (χ0n) is 22.4. The third-order valence-corrected chi connectivity index (χ3v) is 8.08. The van der Waals surface area contributed by atoms with Gasteiger partial charge in [0.2, 0.25) is 0 Å². The van der Waals surface area contributed by atoms with Gasteiger partial charge in [-0.05, 0) is 71.8 Å². The van der Waals surface area contributed by atoms with Gasteiger partial charge in [-0.1, -0.05) is 44.5 Å². The van der Waals surface area contributed by atoms with Crippen molar-refractivity contribution in [2.45, 2.75) is 45.7 Å². The number of hydrogen-bond acceptors (Lipinski definition) is 4. The predicted molar refractivity (Wildman–Crippen MR) is 153 cm³/mol. The third kappa shape index (κ3) is 5.26. The molecular formula is C30H33ClN4O4. The van der Waals surface area contributed by atoms with E-state index in [1.54, 1.807) is 47.2 Å². The molecule has 1 fully saturated rings. The Bertz CT molecular complexity index is 1460. The molecular weight excluding hydrogens is 516 g/mol. The number of benzene rings is 2. The molecule has 2 heterocycles. The summed E-state index contributed by atoms with van der Waals surface area (Å²) in [6, 6.07) is 16.0. The Morgan fingerprint density at radius 1 is 1.03 bits per heavy atom. The standard InChI is InChI=1S/C30H33ClN4O4/c1-30(2,3)26-18-33(29(38)39)16-17-34(26)24-8-4-6-21-22(24)13-14-25(21)35-15-5-7-23(28(35)37)27(36)32-20-11-9-19(31)10-12-20/h4-12,15,25-26H,13-14,16-18H2,1-3H3,(H,32,36)(H,38,39). The van der Waals surface area contributed by atoms with Crippen LogP contribution in [-0.2, 0) is 6.42 Å². The average molecular weight is 549 g/mol. The lowest BCUT2D eigenvalue weighted by atomic mass is 9.83. The largest absolute Gasteiger partial charge is 0.465 e. The number of piperazine rings is 1. The summed E-state index contributed by atoms with van der Waals surface area (Å²) in [5.74, 6) is -0.465. The molecule has 2 atom stereocenters. The molecule has 3 aromatic rings. The van der Waals surface area contributed by atoms with Crippen molar-refractivity contribution in [2.24, 2.45) is 5.41 Å². The Morgan fingerprint density at radius 2 is 1.77 bits per heavy atom. The van der Waals surface area contributed by atoms with Crippen LogP contribution < -0.4 is 15.8 Å². The Labute approximate surface area is 232 Å². The van der Waals surface area contributed by atoms with Crippen LogP contribution in [0.4, 0.5) is 16.2 Å². The topological polar surface area (TPSA) is 94.9 Å². The van der Waals surface area contributed by atoms with E-state index in [4.69, 9.17) is 11.6 Å². The van der Waals surface area contributed by atoms with Gasteiger partial charge in [0.25, 0.3) is 11.5 Å². The number of fused-ring (bicyclic) bond motifs is 1. The number of nitrogens with zero attached hydrogens (tertiary/aromatic N) is 3. The summed E-state index contributed by atoms with van der Waals surface area (Å²) in [4.78, 5) is 42.1.